The molecule has 1 heterocycles. The summed E-state index contributed by atoms with van der Waals surface area (Å²) < 4.78 is 13.8. The molecule has 1 aliphatic rings. The molecule has 0 radical (unpaired) electrons. The Morgan fingerprint density at radius 2 is 1.80 bits per heavy atom. The smallest absolute Gasteiger partial charge is 0.257 e. The Kier molecular flexibility index (Phi) is 7.79. The van der Waals surface area contributed by atoms with E-state index >= 15 is 0 Å². The number of hydrogen-bond acceptors (Lipinski definition) is 4. The molecule has 6 heteroatoms. The van der Waals surface area contributed by atoms with E-state index in [1.54, 1.807) is 11.1 Å². The van der Waals surface area contributed by atoms with Crippen molar-refractivity contribution in [3.63, 3.8) is 0 Å². The molecule has 0 spiro atoms. The van der Waals surface area contributed by atoms with Gasteiger partial charge in [-0.1, -0.05) is 62.2 Å². The van der Waals surface area contributed by atoms with Crippen molar-refractivity contribution in [2.24, 2.45) is 0 Å². The van der Waals surface area contributed by atoms with Crippen LogP contribution in [0.25, 0.3) is 0 Å². The van der Waals surface area contributed by atoms with Gasteiger partial charge >= 0.3 is 0 Å². The van der Waals surface area contributed by atoms with E-state index in [-0.39, 0.29) is 17.8 Å². The van der Waals surface area contributed by atoms with Crippen LogP contribution < -0.4 is 5.32 Å². The molecule has 35 heavy (non-hydrogen) atoms. The van der Waals surface area contributed by atoms with Crippen molar-refractivity contribution >= 4 is 11.9 Å². The van der Waals surface area contributed by atoms with Crippen molar-refractivity contribution in [3.8, 4) is 0 Å². The number of benzene rings is 2. The maximum atomic E-state index is 13.8. The predicted octanol–water partition coefficient (Wildman–Crippen LogP) is 6.00. The van der Waals surface area contributed by atoms with Crippen molar-refractivity contribution in [3.05, 3.63) is 89.0 Å². The first-order valence-electron chi connectivity index (χ1n) is 12.6. The van der Waals surface area contributed by atoms with E-state index in [0.29, 0.717) is 18.1 Å². The van der Waals surface area contributed by atoms with Crippen LogP contribution in [0.15, 0.2) is 60.8 Å². The van der Waals surface area contributed by atoms with Gasteiger partial charge in [-0.3, -0.25) is 4.79 Å². The third-order valence-electron chi connectivity index (χ3n) is 7.24. The summed E-state index contributed by atoms with van der Waals surface area (Å²) in [5, 5.41) is 3.37. The third-order valence-corrected chi connectivity index (χ3v) is 7.24. The quantitative estimate of drug-likeness (QED) is 0.413. The SMILES string of the molecule is CCC(C)Nc1ncc(C(=O)N(C)CCc2ccccc2)c(C2(c3ccc(F)cc3)CCCC2)n1. The third kappa shape index (κ3) is 5.53. The molecule has 4 rings (SSSR count). The van der Waals surface area contributed by atoms with Crippen molar-refractivity contribution in [1.29, 1.82) is 0 Å². The summed E-state index contributed by atoms with van der Waals surface area (Å²) >= 11 is 0. The highest BCUT2D eigenvalue weighted by Gasteiger charge is 2.42. The van der Waals surface area contributed by atoms with Gasteiger partial charge in [0.05, 0.1) is 11.3 Å². The Hall–Kier alpha value is -3.28. The van der Waals surface area contributed by atoms with Crippen molar-refractivity contribution in [1.82, 2.24) is 14.9 Å². The summed E-state index contributed by atoms with van der Waals surface area (Å²) in [6.07, 6.45) is 7.19. The highest BCUT2D eigenvalue weighted by molar-refractivity contribution is 5.95. The van der Waals surface area contributed by atoms with E-state index in [1.165, 1.54) is 17.7 Å². The number of hydrogen-bond donors (Lipinski definition) is 1. The lowest BCUT2D eigenvalue weighted by atomic mass is 9.74. The second kappa shape index (κ2) is 11.0. The van der Waals surface area contributed by atoms with Crippen LogP contribution in [0, 0.1) is 5.82 Å². The minimum absolute atomic E-state index is 0.0839. The standard InChI is InChI=1S/C29H35FN4O/c1-4-21(2)32-28-31-20-25(27(35)34(3)19-16-22-10-6-5-7-11-22)26(33-28)29(17-8-9-18-29)23-12-14-24(30)15-13-23/h5-7,10-15,20-21H,4,8-9,16-19H2,1-3H3,(H,31,32,33). The molecule has 1 unspecified atom stereocenters. The molecular formula is C29H35FN4O. The summed E-state index contributed by atoms with van der Waals surface area (Å²) in [5.41, 5.74) is 3.04. The van der Waals surface area contributed by atoms with E-state index in [1.807, 2.05) is 37.4 Å². The first-order valence-corrected chi connectivity index (χ1v) is 12.6. The Labute approximate surface area is 207 Å². The van der Waals surface area contributed by atoms with Crippen LogP contribution in [-0.4, -0.2) is 40.4 Å². The monoisotopic (exact) mass is 474 g/mol. The maximum Gasteiger partial charge on any atom is 0.257 e. The van der Waals surface area contributed by atoms with Crippen molar-refractivity contribution < 1.29 is 9.18 Å². The molecule has 1 saturated carbocycles. The number of halogens is 1. The number of carbonyl (C=O) groups is 1. The van der Waals surface area contributed by atoms with Gasteiger partial charge in [-0.05, 0) is 55.9 Å². The van der Waals surface area contributed by atoms with Gasteiger partial charge in [-0.25, -0.2) is 14.4 Å². The average molecular weight is 475 g/mol. The van der Waals surface area contributed by atoms with Crippen LogP contribution in [0.4, 0.5) is 10.3 Å². The Morgan fingerprint density at radius 3 is 2.46 bits per heavy atom. The molecule has 0 bridgehead atoms. The highest BCUT2D eigenvalue weighted by Crippen LogP contribution is 2.47. The molecule has 1 aromatic heterocycles. The summed E-state index contributed by atoms with van der Waals surface area (Å²) in [5.74, 6) is 0.186. The van der Waals surface area contributed by atoms with Gasteiger partial charge in [0.1, 0.15) is 5.82 Å². The zero-order valence-electron chi connectivity index (χ0n) is 20.9. The maximum absolute atomic E-state index is 13.8. The molecule has 3 aromatic rings. The van der Waals surface area contributed by atoms with Crippen LogP contribution in [0.2, 0.25) is 0 Å². The summed E-state index contributed by atoms with van der Waals surface area (Å²) in [6, 6.07) is 17.1. The fourth-order valence-electron chi connectivity index (χ4n) is 4.95. The lowest BCUT2D eigenvalue weighted by Gasteiger charge is -2.32. The van der Waals surface area contributed by atoms with Crippen LogP contribution in [0.3, 0.4) is 0 Å². The van der Waals surface area contributed by atoms with Crippen LogP contribution >= 0.6 is 0 Å². The van der Waals surface area contributed by atoms with Crippen molar-refractivity contribution in [2.45, 2.75) is 63.8 Å². The van der Waals surface area contributed by atoms with Crippen molar-refractivity contribution in [2.75, 3.05) is 18.9 Å². The van der Waals surface area contributed by atoms with E-state index in [2.05, 4.69) is 36.3 Å². The first kappa shape index (κ1) is 24.8. The molecule has 0 aliphatic heterocycles. The molecule has 0 saturated heterocycles. The highest BCUT2D eigenvalue weighted by atomic mass is 19.1. The lowest BCUT2D eigenvalue weighted by molar-refractivity contribution is 0.0793. The number of aromatic nitrogens is 2. The second-order valence-corrected chi connectivity index (χ2v) is 9.67. The number of amides is 1. The number of carbonyl (C=O) groups excluding carboxylic acids is 1. The number of nitrogens with one attached hydrogen (secondary N) is 1. The normalized spacial score (nSPS) is 15.5. The van der Waals surface area contributed by atoms with Gasteiger partial charge in [0, 0.05) is 31.2 Å². The molecule has 2 aromatic carbocycles. The Morgan fingerprint density at radius 1 is 1.11 bits per heavy atom. The fourth-order valence-corrected chi connectivity index (χ4v) is 4.95. The number of nitrogens with zero attached hydrogens (tertiary/aromatic N) is 3. The molecule has 1 aliphatic carbocycles. The second-order valence-electron chi connectivity index (χ2n) is 9.67. The molecule has 1 fully saturated rings. The van der Waals surface area contributed by atoms with Gasteiger partial charge in [0.25, 0.3) is 5.91 Å². The molecule has 5 nitrogen and oxygen atoms in total. The van der Waals surface area contributed by atoms with E-state index in [9.17, 15) is 9.18 Å². The number of anilines is 1. The summed E-state index contributed by atoms with van der Waals surface area (Å²) in [6.45, 7) is 4.79. The average Bonchev–Trinajstić information content (AvgIpc) is 3.39. The van der Waals surface area contributed by atoms with E-state index in [0.717, 1.165) is 49.8 Å². The molecule has 1 N–H and O–H groups in total. The molecular weight excluding hydrogens is 439 g/mol. The predicted molar refractivity (Wildman–Crippen MR) is 138 cm³/mol. The van der Waals surface area contributed by atoms with Crippen LogP contribution in [-0.2, 0) is 11.8 Å². The van der Waals surface area contributed by atoms with E-state index < -0.39 is 5.41 Å². The van der Waals surface area contributed by atoms with Crippen LogP contribution in [0.1, 0.15) is 73.1 Å². The minimum Gasteiger partial charge on any atom is -0.352 e. The van der Waals surface area contributed by atoms with Crippen LogP contribution in [0.5, 0.6) is 0 Å². The van der Waals surface area contributed by atoms with E-state index in [4.69, 9.17) is 4.98 Å². The fraction of sp³-hybridized carbons (Fsp3) is 0.414. The topological polar surface area (TPSA) is 58.1 Å². The Bertz CT molecular complexity index is 1130. The number of likely N-dealkylation sites (N-methyl/N-ethyl adjacent to an activating group) is 1. The number of rotatable bonds is 9. The summed E-state index contributed by atoms with van der Waals surface area (Å²) in [4.78, 5) is 25.0. The zero-order chi connectivity index (χ0) is 24.8. The first-order chi connectivity index (χ1) is 16.9. The largest absolute Gasteiger partial charge is 0.352 e. The molecule has 1 atom stereocenters. The molecule has 1 amide bonds. The van der Waals surface area contributed by atoms with Gasteiger partial charge in [-0.2, -0.15) is 0 Å². The van der Waals surface area contributed by atoms with Gasteiger partial charge < -0.3 is 10.2 Å². The zero-order valence-corrected chi connectivity index (χ0v) is 20.9. The minimum atomic E-state index is -0.437. The molecule has 184 valence electrons. The Balaban J connectivity index is 1.72. The van der Waals surface area contributed by atoms with Gasteiger partial charge in [0.2, 0.25) is 5.95 Å². The van der Waals surface area contributed by atoms with Gasteiger partial charge in [0.15, 0.2) is 0 Å². The lowest BCUT2D eigenvalue weighted by Crippen LogP contribution is -2.35. The summed E-state index contributed by atoms with van der Waals surface area (Å²) in [7, 11) is 1.83. The van der Waals surface area contributed by atoms with Gasteiger partial charge in [-0.15, -0.1) is 0 Å².